The lowest BCUT2D eigenvalue weighted by Gasteiger charge is -2.19. The second-order valence-corrected chi connectivity index (χ2v) is 4.40. The van der Waals surface area contributed by atoms with Crippen LogP contribution >= 0.6 is 15.9 Å². The van der Waals surface area contributed by atoms with E-state index in [-0.39, 0.29) is 22.3 Å². The number of aliphatic carboxylic acids is 1. The predicted octanol–water partition coefficient (Wildman–Crippen LogP) is 1.90. The van der Waals surface area contributed by atoms with Crippen molar-refractivity contribution in [1.82, 2.24) is 4.90 Å². The smallest absolute Gasteiger partial charge is 0.323 e. The predicted molar refractivity (Wildman–Crippen MR) is 70.0 cm³/mol. The average molecular weight is 331 g/mol. The summed E-state index contributed by atoms with van der Waals surface area (Å²) < 4.78 is 0.0499. The number of nitro benzene ring substituents is 1. The van der Waals surface area contributed by atoms with E-state index in [4.69, 9.17) is 5.11 Å². The maximum absolute atomic E-state index is 12.1. The number of hydrogen-bond donors (Lipinski definition) is 1. The molecule has 0 spiro atoms. The van der Waals surface area contributed by atoms with Crippen molar-refractivity contribution in [3.8, 4) is 0 Å². The van der Waals surface area contributed by atoms with Crippen LogP contribution in [0.4, 0.5) is 5.69 Å². The number of carbonyl (C=O) groups is 2. The van der Waals surface area contributed by atoms with Gasteiger partial charge in [-0.25, -0.2) is 0 Å². The normalized spacial score (nSPS) is 10.0. The van der Waals surface area contributed by atoms with Crippen LogP contribution in [-0.2, 0) is 4.79 Å². The molecular formula is C11H11BrN2O5. The third-order valence-corrected chi connectivity index (χ3v) is 3.23. The van der Waals surface area contributed by atoms with Crippen molar-refractivity contribution in [2.75, 3.05) is 13.1 Å². The third-order valence-electron chi connectivity index (χ3n) is 2.40. The zero-order chi connectivity index (χ0) is 14.6. The second-order valence-electron chi connectivity index (χ2n) is 3.61. The minimum atomic E-state index is -1.14. The molecule has 8 heteroatoms. The molecule has 0 aromatic heterocycles. The van der Waals surface area contributed by atoms with Crippen molar-refractivity contribution >= 4 is 33.5 Å². The molecule has 0 saturated heterocycles. The van der Waals surface area contributed by atoms with Crippen molar-refractivity contribution in [3.05, 3.63) is 38.3 Å². The van der Waals surface area contributed by atoms with E-state index in [1.54, 1.807) is 6.92 Å². The fourth-order valence-electron chi connectivity index (χ4n) is 1.49. The van der Waals surface area contributed by atoms with Crippen LogP contribution in [0.1, 0.15) is 17.3 Å². The summed E-state index contributed by atoms with van der Waals surface area (Å²) in [6, 6.07) is 4.04. The molecule has 0 fully saturated rings. The van der Waals surface area contributed by atoms with Gasteiger partial charge in [-0.1, -0.05) is 6.07 Å². The van der Waals surface area contributed by atoms with Crippen LogP contribution in [0.5, 0.6) is 0 Å². The maximum atomic E-state index is 12.1. The van der Waals surface area contributed by atoms with E-state index in [0.29, 0.717) is 0 Å². The molecule has 102 valence electrons. The highest BCUT2D eigenvalue weighted by Crippen LogP contribution is 2.29. The number of likely N-dealkylation sites (N-methyl/N-ethyl adjacent to an activating group) is 1. The minimum absolute atomic E-state index is 0.0499. The molecule has 0 unspecified atom stereocenters. The van der Waals surface area contributed by atoms with Gasteiger partial charge in [-0.3, -0.25) is 19.7 Å². The first-order valence-corrected chi connectivity index (χ1v) is 6.11. The molecule has 0 atom stereocenters. The molecule has 0 aliphatic heterocycles. The Morgan fingerprint density at radius 2 is 2.11 bits per heavy atom. The molecule has 1 aromatic rings. The first-order valence-electron chi connectivity index (χ1n) is 5.32. The van der Waals surface area contributed by atoms with E-state index in [9.17, 15) is 19.7 Å². The molecule has 0 saturated carbocycles. The Balaban J connectivity index is 3.15. The lowest BCUT2D eigenvalue weighted by Crippen LogP contribution is -2.35. The number of carbonyl (C=O) groups excluding carboxylic acids is 1. The number of halogens is 1. The molecule has 0 radical (unpaired) electrons. The summed E-state index contributed by atoms with van der Waals surface area (Å²) in [6.07, 6.45) is 0. The number of hydrogen-bond acceptors (Lipinski definition) is 4. The Morgan fingerprint density at radius 1 is 1.47 bits per heavy atom. The summed E-state index contributed by atoms with van der Waals surface area (Å²) >= 11 is 3.01. The molecule has 7 nitrogen and oxygen atoms in total. The van der Waals surface area contributed by atoms with Crippen LogP contribution in [0.3, 0.4) is 0 Å². The van der Waals surface area contributed by atoms with Gasteiger partial charge >= 0.3 is 5.97 Å². The number of benzene rings is 1. The van der Waals surface area contributed by atoms with Crippen LogP contribution in [0.25, 0.3) is 0 Å². The Hall–Kier alpha value is -1.96. The van der Waals surface area contributed by atoms with Gasteiger partial charge in [-0.15, -0.1) is 0 Å². The van der Waals surface area contributed by atoms with Crippen molar-refractivity contribution < 1.29 is 19.6 Å². The van der Waals surface area contributed by atoms with E-state index in [0.717, 1.165) is 4.90 Å². The maximum Gasteiger partial charge on any atom is 0.323 e. The topological polar surface area (TPSA) is 101 Å². The van der Waals surface area contributed by atoms with Gasteiger partial charge in [0.25, 0.3) is 11.6 Å². The molecule has 0 bridgehead atoms. The number of nitrogens with zero attached hydrogens (tertiary/aromatic N) is 2. The number of nitro groups is 1. The highest BCUT2D eigenvalue weighted by atomic mass is 79.9. The monoisotopic (exact) mass is 330 g/mol. The summed E-state index contributed by atoms with van der Waals surface area (Å²) in [4.78, 5) is 34.0. The van der Waals surface area contributed by atoms with Crippen molar-refractivity contribution in [3.63, 3.8) is 0 Å². The van der Waals surface area contributed by atoms with Gasteiger partial charge in [-0.2, -0.15) is 0 Å². The fraction of sp³-hybridized carbons (Fsp3) is 0.273. The van der Waals surface area contributed by atoms with E-state index in [2.05, 4.69) is 15.9 Å². The Labute approximate surface area is 117 Å². The minimum Gasteiger partial charge on any atom is -0.480 e. The number of amides is 1. The Kier molecular flexibility index (Phi) is 4.99. The number of rotatable bonds is 5. The van der Waals surface area contributed by atoms with Crippen LogP contribution in [0, 0.1) is 10.1 Å². The lowest BCUT2D eigenvalue weighted by atomic mass is 10.1. The SMILES string of the molecule is CCN(CC(=O)O)C(=O)c1cccc([N+](=O)[O-])c1Br. The zero-order valence-electron chi connectivity index (χ0n) is 10.00. The molecule has 1 rings (SSSR count). The van der Waals surface area contributed by atoms with Gasteiger partial charge in [0.15, 0.2) is 0 Å². The zero-order valence-corrected chi connectivity index (χ0v) is 11.6. The van der Waals surface area contributed by atoms with E-state index in [1.165, 1.54) is 18.2 Å². The average Bonchev–Trinajstić information content (AvgIpc) is 2.34. The van der Waals surface area contributed by atoms with Gasteiger partial charge < -0.3 is 10.0 Å². The Bertz CT molecular complexity index is 532. The van der Waals surface area contributed by atoms with Gasteiger partial charge in [0.05, 0.1) is 10.5 Å². The van der Waals surface area contributed by atoms with Crippen LogP contribution < -0.4 is 0 Å². The Morgan fingerprint density at radius 3 is 2.58 bits per heavy atom. The molecular weight excluding hydrogens is 320 g/mol. The summed E-state index contributed by atoms with van der Waals surface area (Å²) in [5, 5.41) is 19.5. The summed E-state index contributed by atoms with van der Waals surface area (Å²) in [5.41, 5.74) is -0.172. The highest BCUT2D eigenvalue weighted by Gasteiger charge is 2.23. The van der Waals surface area contributed by atoms with Crippen LogP contribution in [0.2, 0.25) is 0 Å². The molecule has 1 N–H and O–H groups in total. The summed E-state index contributed by atoms with van der Waals surface area (Å²) in [5.74, 6) is -1.71. The number of carboxylic acid groups (broad SMARTS) is 1. The van der Waals surface area contributed by atoms with Crippen molar-refractivity contribution in [2.24, 2.45) is 0 Å². The van der Waals surface area contributed by atoms with E-state index < -0.39 is 23.3 Å². The molecule has 1 aromatic carbocycles. The molecule has 0 aliphatic carbocycles. The summed E-state index contributed by atoms with van der Waals surface area (Å²) in [6.45, 7) is 1.37. The quantitative estimate of drug-likeness (QED) is 0.656. The molecule has 0 aliphatic rings. The first-order chi connectivity index (χ1) is 8.88. The fourth-order valence-corrected chi connectivity index (χ4v) is 2.07. The largest absolute Gasteiger partial charge is 0.480 e. The second kappa shape index (κ2) is 6.28. The molecule has 0 heterocycles. The molecule has 19 heavy (non-hydrogen) atoms. The van der Waals surface area contributed by atoms with Gasteiger partial charge in [0.2, 0.25) is 0 Å². The van der Waals surface area contributed by atoms with Gasteiger partial charge in [0, 0.05) is 12.6 Å². The highest BCUT2D eigenvalue weighted by molar-refractivity contribution is 9.10. The van der Waals surface area contributed by atoms with Crippen LogP contribution in [-0.4, -0.2) is 39.9 Å². The van der Waals surface area contributed by atoms with Gasteiger partial charge in [-0.05, 0) is 28.9 Å². The van der Waals surface area contributed by atoms with Gasteiger partial charge in [0.1, 0.15) is 11.0 Å². The van der Waals surface area contributed by atoms with E-state index >= 15 is 0 Å². The lowest BCUT2D eigenvalue weighted by molar-refractivity contribution is -0.385. The number of carboxylic acids is 1. The van der Waals surface area contributed by atoms with Crippen molar-refractivity contribution in [1.29, 1.82) is 0 Å². The third kappa shape index (κ3) is 3.50. The standard InChI is InChI=1S/C11H11BrN2O5/c1-2-13(6-9(15)16)11(17)7-4-3-5-8(10(7)12)14(18)19/h3-5H,2,6H2,1H3,(H,15,16). The summed E-state index contributed by atoms with van der Waals surface area (Å²) in [7, 11) is 0. The molecule has 1 amide bonds. The van der Waals surface area contributed by atoms with Crippen molar-refractivity contribution in [2.45, 2.75) is 6.92 Å². The van der Waals surface area contributed by atoms with Crippen LogP contribution in [0.15, 0.2) is 22.7 Å². The van der Waals surface area contributed by atoms with E-state index in [1.807, 2.05) is 0 Å². The first kappa shape index (κ1) is 15.1.